The minimum atomic E-state index is -4.75. The van der Waals surface area contributed by atoms with Crippen LogP contribution in [0.5, 0.6) is 5.75 Å². The van der Waals surface area contributed by atoms with Crippen molar-refractivity contribution in [2.24, 2.45) is 0 Å². The van der Waals surface area contributed by atoms with Gasteiger partial charge in [-0.25, -0.2) is 9.78 Å². The lowest BCUT2D eigenvalue weighted by molar-refractivity contribution is -0.274. The standard InChI is InChI=1S/C20H21F3N4O4/c1-24-19(8-11-28)13-26(9-10-27(19)18(29)30)17-7-4-15(12-25-17)14-2-5-16(6-3-14)31-20(21,22)23/h2-7,11-12,24H,8-10,13H2,1H3,(H,29,30). The van der Waals surface area contributed by atoms with Crippen LogP contribution in [0.25, 0.3) is 11.1 Å². The van der Waals surface area contributed by atoms with Crippen LogP contribution >= 0.6 is 0 Å². The quantitative estimate of drug-likeness (QED) is 0.670. The molecule has 2 aromatic rings. The molecule has 1 aliphatic heterocycles. The molecule has 31 heavy (non-hydrogen) atoms. The molecule has 1 unspecified atom stereocenters. The number of carbonyl (C=O) groups excluding carboxylic acids is 1. The zero-order valence-corrected chi connectivity index (χ0v) is 16.6. The first-order valence-electron chi connectivity index (χ1n) is 9.38. The lowest BCUT2D eigenvalue weighted by atomic mass is 10.0. The van der Waals surface area contributed by atoms with Crippen LogP contribution in [0.2, 0.25) is 0 Å². The molecule has 0 radical (unpaired) electrons. The fourth-order valence-corrected chi connectivity index (χ4v) is 3.61. The Morgan fingerprint density at radius 1 is 1.23 bits per heavy atom. The third-order valence-electron chi connectivity index (χ3n) is 5.17. The summed E-state index contributed by atoms with van der Waals surface area (Å²) in [6, 6.07) is 8.96. The molecule has 2 N–H and O–H groups in total. The minimum Gasteiger partial charge on any atom is -0.465 e. The van der Waals surface area contributed by atoms with Crippen LogP contribution in [-0.2, 0) is 4.79 Å². The van der Waals surface area contributed by atoms with Gasteiger partial charge in [-0.15, -0.1) is 13.2 Å². The van der Waals surface area contributed by atoms with Crippen molar-refractivity contribution >= 4 is 18.2 Å². The largest absolute Gasteiger partial charge is 0.573 e. The van der Waals surface area contributed by atoms with E-state index in [9.17, 15) is 27.9 Å². The summed E-state index contributed by atoms with van der Waals surface area (Å²) in [6.45, 7) is 0.808. The molecule has 1 aliphatic rings. The van der Waals surface area contributed by atoms with Gasteiger partial charge in [0.2, 0.25) is 0 Å². The number of nitrogens with one attached hydrogen (secondary N) is 1. The maximum Gasteiger partial charge on any atom is 0.573 e. The number of likely N-dealkylation sites (N-methyl/N-ethyl adjacent to an activating group) is 1. The number of hydrogen-bond donors (Lipinski definition) is 2. The third kappa shape index (κ3) is 5.05. The Morgan fingerprint density at radius 2 is 1.90 bits per heavy atom. The molecule has 1 amide bonds. The monoisotopic (exact) mass is 438 g/mol. The minimum absolute atomic E-state index is 0.0171. The second-order valence-electron chi connectivity index (χ2n) is 6.99. The molecule has 11 heteroatoms. The average Bonchev–Trinajstić information content (AvgIpc) is 2.73. The molecule has 0 aliphatic carbocycles. The number of amides is 1. The molecule has 1 atom stereocenters. The number of piperazine rings is 1. The summed E-state index contributed by atoms with van der Waals surface area (Å²) in [5.41, 5.74) is 0.287. The van der Waals surface area contributed by atoms with Crippen LogP contribution in [0.3, 0.4) is 0 Å². The van der Waals surface area contributed by atoms with Gasteiger partial charge in [0.1, 0.15) is 23.5 Å². The molecule has 166 valence electrons. The predicted octanol–water partition coefficient (Wildman–Crippen LogP) is 2.95. The van der Waals surface area contributed by atoms with Crippen molar-refractivity contribution in [2.75, 3.05) is 31.6 Å². The highest BCUT2D eigenvalue weighted by Crippen LogP contribution is 2.29. The zero-order valence-electron chi connectivity index (χ0n) is 16.6. The molecular formula is C20H21F3N4O4. The lowest BCUT2D eigenvalue weighted by Crippen LogP contribution is -2.70. The average molecular weight is 438 g/mol. The van der Waals surface area contributed by atoms with Crippen molar-refractivity contribution in [3.05, 3.63) is 42.6 Å². The van der Waals surface area contributed by atoms with E-state index in [0.717, 1.165) is 0 Å². The van der Waals surface area contributed by atoms with Crippen molar-refractivity contribution in [3.63, 3.8) is 0 Å². The number of anilines is 1. The summed E-state index contributed by atoms with van der Waals surface area (Å²) < 4.78 is 40.7. The van der Waals surface area contributed by atoms with Crippen LogP contribution in [0.4, 0.5) is 23.8 Å². The van der Waals surface area contributed by atoms with E-state index in [1.165, 1.54) is 29.2 Å². The van der Waals surface area contributed by atoms with Crippen molar-refractivity contribution < 1.29 is 32.6 Å². The molecule has 1 aromatic carbocycles. The number of aldehydes is 1. The Bertz CT molecular complexity index is 922. The summed E-state index contributed by atoms with van der Waals surface area (Å²) >= 11 is 0. The van der Waals surface area contributed by atoms with E-state index < -0.39 is 18.1 Å². The summed E-state index contributed by atoms with van der Waals surface area (Å²) in [5, 5.41) is 12.5. The maximum absolute atomic E-state index is 12.3. The smallest absolute Gasteiger partial charge is 0.465 e. The van der Waals surface area contributed by atoms with Crippen molar-refractivity contribution in [3.8, 4) is 16.9 Å². The fourth-order valence-electron chi connectivity index (χ4n) is 3.61. The molecule has 0 saturated carbocycles. The van der Waals surface area contributed by atoms with E-state index in [2.05, 4.69) is 15.0 Å². The van der Waals surface area contributed by atoms with Gasteiger partial charge in [0.25, 0.3) is 0 Å². The number of hydrogen-bond acceptors (Lipinski definition) is 6. The number of aromatic nitrogens is 1. The van der Waals surface area contributed by atoms with Crippen LogP contribution in [-0.4, -0.2) is 66.1 Å². The Kier molecular flexibility index (Phi) is 6.34. The first-order chi connectivity index (χ1) is 14.7. The Balaban J connectivity index is 1.77. The Labute approximate surface area is 176 Å². The molecular weight excluding hydrogens is 417 g/mol. The van der Waals surface area contributed by atoms with Crippen LogP contribution < -0.4 is 15.0 Å². The topological polar surface area (TPSA) is 95.0 Å². The summed E-state index contributed by atoms with van der Waals surface area (Å²) in [5.74, 6) is 0.284. The SMILES string of the molecule is CNC1(CC=O)CN(c2ccc(-c3ccc(OC(F)(F)F)cc3)cn2)CCN1C(=O)O. The molecule has 3 rings (SSSR count). The Morgan fingerprint density at radius 3 is 2.42 bits per heavy atom. The first kappa shape index (κ1) is 22.3. The number of halogens is 3. The number of carbonyl (C=O) groups is 2. The first-order valence-corrected chi connectivity index (χ1v) is 9.38. The molecule has 8 nitrogen and oxygen atoms in total. The number of ether oxygens (including phenoxy) is 1. The van der Waals surface area contributed by atoms with Gasteiger partial charge in [-0.2, -0.15) is 0 Å². The fraction of sp³-hybridized carbons (Fsp3) is 0.350. The molecule has 1 fully saturated rings. The van der Waals surface area contributed by atoms with Crippen LogP contribution in [0.15, 0.2) is 42.6 Å². The number of benzene rings is 1. The highest BCUT2D eigenvalue weighted by molar-refractivity contribution is 5.69. The normalized spacial score (nSPS) is 19.2. The molecule has 1 aromatic heterocycles. The van der Waals surface area contributed by atoms with Gasteiger partial charge >= 0.3 is 12.5 Å². The van der Waals surface area contributed by atoms with Gasteiger partial charge in [-0.1, -0.05) is 12.1 Å². The maximum atomic E-state index is 12.3. The van der Waals surface area contributed by atoms with Gasteiger partial charge in [0.15, 0.2) is 0 Å². The van der Waals surface area contributed by atoms with E-state index in [4.69, 9.17) is 0 Å². The molecule has 1 saturated heterocycles. The predicted molar refractivity (Wildman–Crippen MR) is 106 cm³/mol. The summed E-state index contributed by atoms with van der Waals surface area (Å²) in [6.07, 6.45) is -3.62. The van der Waals surface area contributed by atoms with Gasteiger partial charge in [0, 0.05) is 31.3 Å². The van der Waals surface area contributed by atoms with Gasteiger partial charge in [-0.05, 0) is 36.9 Å². The van der Waals surface area contributed by atoms with E-state index >= 15 is 0 Å². The van der Waals surface area contributed by atoms with E-state index in [-0.39, 0.29) is 25.3 Å². The van der Waals surface area contributed by atoms with Crippen molar-refractivity contribution in [1.29, 1.82) is 0 Å². The van der Waals surface area contributed by atoms with Gasteiger partial charge < -0.3 is 19.5 Å². The third-order valence-corrected chi connectivity index (χ3v) is 5.17. The number of alkyl halides is 3. The second kappa shape index (κ2) is 8.80. The van der Waals surface area contributed by atoms with E-state index in [1.54, 1.807) is 25.4 Å². The number of pyridine rings is 1. The van der Waals surface area contributed by atoms with Gasteiger partial charge in [-0.3, -0.25) is 10.2 Å². The number of nitrogens with zero attached hydrogens (tertiary/aromatic N) is 3. The zero-order chi connectivity index (χ0) is 22.6. The molecule has 0 spiro atoms. The van der Waals surface area contributed by atoms with Crippen molar-refractivity contribution in [2.45, 2.75) is 18.4 Å². The second-order valence-corrected chi connectivity index (χ2v) is 6.99. The highest BCUT2D eigenvalue weighted by atomic mass is 19.4. The van der Waals surface area contributed by atoms with Gasteiger partial charge in [0.05, 0.1) is 6.54 Å². The number of carboxylic acid groups (broad SMARTS) is 1. The number of rotatable bonds is 6. The van der Waals surface area contributed by atoms with Crippen LogP contribution in [0, 0.1) is 0 Å². The summed E-state index contributed by atoms with van der Waals surface area (Å²) in [4.78, 5) is 30.3. The molecule has 0 bridgehead atoms. The lowest BCUT2D eigenvalue weighted by Gasteiger charge is -2.49. The molecule has 2 heterocycles. The van der Waals surface area contributed by atoms with E-state index in [0.29, 0.717) is 29.8 Å². The Hall–Kier alpha value is -3.34. The highest BCUT2D eigenvalue weighted by Gasteiger charge is 2.43. The van der Waals surface area contributed by atoms with Crippen molar-refractivity contribution in [1.82, 2.24) is 15.2 Å². The van der Waals surface area contributed by atoms with Crippen LogP contribution in [0.1, 0.15) is 6.42 Å². The summed E-state index contributed by atoms with van der Waals surface area (Å²) in [7, 11) is 1.60. The van der Waals surface area contributed by atoms with E-state index in [1.807, 2.05) is 4.90 Å².